The smallest absolute Gasteiger partial charge is 0.323 e. The summed E-state index contributed by atoms with van der Waals surface area (Å²) in [4.78, 5) is 37.3. The Morgan fingerprint density at radius 3 is 2.69 bits per heavy atom. The van der Waals surface area contributed by atoms with Crippen molar-refractivity contribution in [3.05, 3.63) is 22.4 Å². The Balaban J connectivity index is 2.53. The largest absolute Gasteiger partial charge is 0.481 e. The van der Waals surface area contributed by atoms with Crippen molar-refractivity contribution in [3.8, 4) is 0 Å². The van der Waals surface area contributed by atoms with Gasteiger partial charge >= 0.3 is 11.7 Å². The van der Waals surface area contributed by atoms with Crippen molar-refractivity contribution in [2.75, 3.05) is 6.54 Å². The molecular weight excluding hydrogens is 214 g/mol. The van der Waals surface area contributed by atoms with Gasteiger partial charge in [-0.2, -0.15) is 0 Å². The van der Waals surface area contributed by atoms with Gasteiger partial charge in [-0.05, 0) is 6.42 Å². The fraction of sp³-hybridized carbons (Fsp3) is 0.444. The second kappa shape index (κ2) is 5.15. The number of hydrogen-bond donors (Lipinski definition) is 4. The van der Waals surface area contributed by atoms with E-state index in [0.717, 1.165) is 0 Å². The Morgan fingerprint density at radius 1 is 1.56 bits per heavy atom. The highest BCUT2D eigenvalue weighted by molar-refractivity contribution is 5.92. The van der Waals surface area contributed by atoms with Gasteiger partial charge in [0.05, 0.1) is 5.92 Å². The van der Waals surface area contributed by atoms with Crippen molar-refractivity contribution in [1.29, 1.82) is 0 Å². The zero-order valence-electron chi connectivity index (χ0n) is 8.74. The Kier molecular flexibility index (Phi) is 3.87. The molecule has 1 rings (SSSR count). The molecule has 7 nitrogen and oxygen atoms in total. The molecule has 0 radical (unpaired) electrons. The maximum atomic E-state index is 11.4. The van der Waals surface area contributed by atoms with Crippen LogP contribution in [0.3, 0.4) is 0 Å². The molecule has 0 spiro atoms. The maximum Gasteiger partial charge on any atom is 0.323 e. The molecule has 0 fully saturated rings. The van der Waals surface area contributed by atoms with Crippen molar-refractivity contribution >= 4 is 11.9 Å². The number of aliphatic carboxylic acids is 1. The molecule has 4 N–H and O–H groups in total. The lowest BCUT2D eigenvalue weighted by molar-refractivity contribution is -0.141. The van der Waals surface area contributed by atoms with Crippen molar-refractivity contribution in [3.63, 3.8) is 0 Å². The quantitative estimate of drug-likeness (QED) is 0.545. The lowest BCUT2D eigenvalue weighted by Gasteiger charge is -2.09. The van der Waals surface area contributed by atoms with Crippen molar-refractivity contribution in [2.45, 2.75) is 13.3 Å². The molecule has 0 aliphatic rings. The third-order valence-electron chi connectivity index (χ3n) is 2.19. The van der Waals surface area contributed by atoms with Gasteiger partial charge in [0.1, 0.15) is 5.69 Å². The topological polar surface area (TPSA) is 115 Å². The summed E-state index contributed by atoms with van der Waals surface area (Å²) in [7, 11) is 0. The molecule has 1 aromatic rings. The monoisotopic (exact) mass is 227 g/mol. The van der Waals surface area contributed by atoms with Crippen molar-refractivity contribution in [2.24, 2.45) is 5.92 Å². The lowest BCUT2D eigenvalue weighted by atomic mass is 10.1. The molecule has 7 heteroatoms. The van der Waals surface area contributed by atoms with Gasteiger partial charge < -0.3 is 20.4 Å². The Labute approximate surface area is 90.9 Å². The summed E-state index contributed by atoms with van der Waals surface area (Å²) in [6.45, 7) is 1.76. The van der Waals surface area contributed by atoms with Crippen molar-refractivity contribution < 1.29 is 14.7 Å². The van der Waals surface area contributed by atoms with E-state index >= 15 is 0 Å². The van der Waals surface area contributed by atoms with E-state index in [-0.39, 0.29) is 12.2 Å². The molecule has 16 heavy (non-hydrogen) atoms. The summed E-state index contributed by atoms with van der Waals surface area (Å²) in [5.74, 6) is -2.07. The van der Waals surface area contributed by atoms with Crippen LogP contribution < -0.4 is 11.0 Å². The maximum absolute atomic E-state index is 11.4. The number of H-pyrrole nitrogens is 2. The third-order valence-corrected chi connectivity index (χ3v) is 2.19. The molecule has 1 aromatic heterocycles. The number of rotatable bonds is 5. The molecule has 0 aliphatic heterocycles. The average molecular weight is 227 g/mol. The standard InChI is InChI=1S/C9H13N3O4/c1-2-5(8(14)15)3-10-7(13)6-4-11-9(16)12-6/h4-5H,2-3H2,1H3,(H,10,13)(H,14,15)(H2,11,12,16). The van der Waals surface area contributed by atoms with Crippen LogP contribution in [-0.4, -0.2) is 33.5 Å². The van der Waals surface area contributed by atoms with Crippen LogP contribution in [0.1, 0.15) is 23.8 Å². The summed E-state index contributed by atoms with van der Waals surface area (Å²) in [6, 6.07) is 0. The van der Waals surface area contributed by atoms with Crippen molar-refractivity contribution in [1.82, 2.24) is 15.3 Å². The van der Waals surface area contributed by atoms with E-state index in [2.05, 4.69) is 15.3 Å². The molecule has 1 atom stereocenters. The van der Waals surface area contributed by atoms with Gasteiger partial charge in [-0.3, -0.25) is 9.59 Å². The number of carboxylic acids is 1. The Morgan fingerprint density at radius 2 is 2.25 bits per heavy atom. The van der Waals surface area contributed by atoms with Gasteiger partial charge in [0.2, 0.25) is 0 Å². The van der Waals surface area contributed by atoms with Crippen LogP contribution in [0.4, 0.5) is 0 Å². The van der Waals surface area contributed by atoms with Gasteiger partial charge in [0.15, 0.2) is 0 Å². The molecule has 0 saturated heterocycles. The third kappa shape index (κ3) is 2.97. The Bertz CT molecular complexity index is 434. The zero-order valence-corrected chi connectivity index (χ0v) is 8.74. The van der Waals surface area contributed by atoms with E-state index in [4.69, 9.17) is 5.11 Å². The number of imidazole rings is 1. The van der Waals surface area contributed by atoms with Gasteiger partial charge in [0.25, 0.3) is 5.91 Å². The van der Waals surface area contributed by atoms with Crippen LogP contribution in [0.15, 0.2) is 11.0 Å². The van der Waals surface area contributed by atoms with E-state index in [0.29, 0.717) is 6.42 Å². The van der Waals surface area contributed by atoms with Crippen LogP contribution in [0.5, 0.6) is 0 Å². The predicted molar refractivity (Wildman–Crippen MR) is 55.2 cm³/mol. The minimum Gasteiger partial charge on any atom is -0.481 e. The number of amides is 1. The number of carbonyl (C=O) groups is 2. The fourth-order valence-corrected chi connectivity index (χ4v) is 1.17. The number of aromatic amines is 2. The normalized spacial score (nSPS) is 12.1. The molecule has 0 bridgehead atoms. The first kappa shape index (κ1) is 12.0. The van der Waals surface area contributed by atoms with Crippen LogP contribution in [-0.2, 0) is 4.79 Å². The molecule has 0 aliphatic carbocycles. The van der Waals surface area contributed by atoms with Crippen LogP contribution >= 0.6 is 0 Å². The number of hydrogen-bond acceptors (Lipinski definition) is 3. The van der Waals surface area contributed by atoms with E-state index in [9.17, 15) is 14.4 Å². The molecule has 1 heterocycles. The minimum absolute atomic E-state index is 0.0396. The van der Waals surface area contributed by atoms with Gasteiger partial charge in [-0.25, -0.2) is 4.79 Å². The second-order valence-electron chi connectivity index (χ2n) is 3.31. The van der Waals surface area contributed by atoms with E-state index in [1.807, 2.05) is 0 Å². The van der Waals surface area contributed by atoms with Gasteiger partial charge in [0, 0.05) is 12.7 Å². The lowest BCUT2D eigenvalue weighted by Crippen LogP contribution is -2.33. The molecule has 0 saturated carbocycles. The highest BCUT2D eigenvalue weighted by Gasteiger charge is 2.16. The molecule has 1 unspecified atom stereocenters. The van der Waals surface area contributed by atoms with Crippen LogP contribution in [0.2, 0.25) is 0 Å². The SMILES string of the molecule is CCC(CNC(=O)c1c[nH]c(=O)[nH]1)C(=O)O. The van der Waals surface area contributed by atoms with E-state index < -0.39 is 23.5 Å². The molecular formula is C9H13N3O4. The van der Waals surface area contributed by atoms with E-state index in [1.165, 1.54) is 6.20 Å². The van der Waals surface area contributed by atoms with Crippen LogP contribution in [0.25, 0.3) is 0 Å². The highest BCUT2D eigenvalue weighted by atomic mass is 16.4. The summed E-state index contributed by atoms with van der Waals surface area (Å²) < 4.78 is 0. The fourth-order valence-electron chi connectivity index (χ4n) is 1.17. The second-order valence-corrected chi connectivity index (χ2v) is 3.31. The minimum atomic E-state index is -0.953. The van der Waals surface area contributed by atoms with E-state index in [1.54, 1.807) is 6.92 Å². The highest BCUT2D eigenvalue weighted by Crippen LogP contribution is 2.00. The number of carboxylic acid groups (broad SMARTS) is 1. The first-order valence-electron chi connectivity index (χ1n) is 4.83. The summed E-state index contributed by atoms with van der Waals surface area (Å²) >= 11 is 0. The van der Waals surface area contributed by atoms with Gasteiger partial charge in [-0.15, -0.1) is 0 Å². The van der Waals surface area contributed by atoms with Crippen LogP contribution in [0, 0.1) is 5.92 Å². The number of aromatic nitrogens is 2. The summed E-state index contributed by atoms with van der Waals surface area (Å²) in [6.07, 6.45) is 1.67. The first-order chi connectivity index (χ1) is 7.54. The summed E-state index contributed by atoms with van der Waals surface area (Å²) in [5.41, 5.74) is -0.388. The Hall–Kier alpha value is -2.05. The molecule has 88 valence electrons. The first-order valence-corrected chi connectivity index (χ1v) is 4.83. The number of nitrogens with one attached hydrogen (secondary N) is 3. The number of carbonyl (C=O) groups excluding carboxylic acids is 1. The predicted octanol–water partition coefficient (Wildman–Crippen LogP) is -0.456. The van der Waals surface area contributed by atoms with Gasteiger partial charge in [-0.1, -0.05) is 6.92 Å². The molecule has 1 amide bonds. The summed E-state index contributed by atoms with van der Waals surface area (Å²) in [5, 5.41) is 11.2. The zero-order chi connectivity index (χ0) is 12.1. The molecule has 0 aromatic carbocycles. The average Bonchev–Trinajstić information content (AvgIpc) is 2.65.